The van der Waals surface area contributed by atoms with Crippen molar-refractivity contribution in [3.63, 3.8) is 0 Å². The first-order valence-electron chi connectivity index (χ1n) is 11.2. The number of hydrogen-bond donors (Lipinski definition) is 5. The summed E-state index contributed by atoms with van der Waals surface area (Å²) < 4.78 is 0. The number of carbonyl (C=O) groups is 4. The van der Waals surface area contributed by atoms with Gasteiger partial charge in [0.05, 0.1) is 18.7 Å². The monoisotopic (exact) mass is 461 g/mol. The van der Waals surface area contributed by atoms with Crippen LogP contribution < -0.4 is 21.7 Å². The molecule has 33 heavy (non-hydrogen) atoms. The first kappa shape index (κ1) is 26.3. The fourth-order valence-corrected chi connectivity index (χ4v) is 3.68. The number of amides is 4. The van der Waals surface area contributed by atoms with Crippen molar-refractivity contribution in [3.8, 4) is 0 Å². The molecule has 0 spiro atoms. The zero-order valence-electron chi connectivity index (χ0n) is 19.7. The molecule has 2 bridgehead atoms. The number of nitrogens with zero attached hydrogens (tertiary/aromatic N) is 1. The number of nitrogens with one attached hydrogen (secondary N) is 3. The third kappa shape index (κ3) is 7.54. The highest BCUT2D eigenvalue weighted by Crippen LogP contribution is 2.14. The molecule has 2 rings (SSSR count). The molecule has 1 aromatic rings. The highest BCUT2D eigenvalue weighted by Gasteiger charge is 2.29. The molecule has 6 N–H and O–H groups in total. The van der Waals surface area contributed by atoms with Crippen LogP contribution in [0.5, 0.6) is 0 Å². The third-order valence-corrected chi connectivity index (χ3v) is 5.53. The Morgan fingerprint density at radius 3 is 2.55 bits per heavy atom. The Balaban J connectivity index is 2.33. The second-order valence-electron chi connectivity index (χ2n) is 8.70. The average molecular weight is 462 g/mol. The molecule has 182 valence electrons. The van der Waals surface area contributed by atoms with E-state index in [1.165, 1.54) is 18.7 Å². The van der Waals surface area contributed by atoms with E-state index < -0.39 is 42.0 Å². The predicted octanol–water partition coefficient (Wildman–Crippen LogP) is -0.783. The van der Waals surface area contributed by atoms with Crippen molar-refractivity contribution in [1.82, 2.24) is 20.9 Å². The summed E-state index contributed by atoms with van der Waals surface area (Å²) in [7, 11) is 0. The Hall–Kier alpha value is -2.98. The molecule has 1 aromatic carbocycles. The van der Waals surface area contributed by atoms with Crippen LogP contribution in [0.1, 0.15) is 48.7 Å². The van der Waals surface area contributed by atoms with E-state index in [0.29, 0.717) is 24.9 Å². The van der Waals surface area contributed by atoms with E-state index in [1.54, 1.807) is 19.1 Å². The van der Waals surface area contributed by atoms with Crippen LogP contribution in [0.2, 0.25) is 0 Å². The number of rotatable bonds is 2. The van der Waals surface area contributed by atoms with Crippen LogP contribution in [-0.4, -0.2) is 77.5 Å². The fourth-order valence-electron chi connectivity index (χ4n) is 3.68. The molecule has 1 aliphatic rings. The smallest absolute Gasteiger partial charge is 0.252 e. The molecule has 0 unspecified atom stereocenters. The second kappa shape index (κ2) is 11.8. The van der Waals surface area contributed by atoms with Crippen molar-refractivity contribution in [2.24, 2.45) is 5.73 Å². The van der Waals surface area contributed by atoms with Gasteiger partial charge in [-0.25, -0.2) is 0 Å². The molecule has 10 heteroatoms. The van der Waals surface area contributed by atoms with Crippen LogP contribution in [-0.2, 0) is 20.8 Å². The molecule has 0 aliphatic carbocycles. The molecule has 4 atom stereocenters. The summed E-state index contributed by atoms with van der Waals surface area (Å²) in [5.74, 6) is -1.82. The normalized spacial score (nSPS) is 23.0. The van der Waals surface area contributed by atoms with E-state index in [4.69, 9.17) is 5.73 Å². The van der Waals surface area contributed by atoms with Gasteiger partial charge in [0, 0.05) is 24.7 Å². The lowest BCUT2D eigenvalue weighted by Gasteiger charge is -2.29. The van der Waals surface area contributed by atoms with Gasteiger partial charge in [0.25, 0.3) is 5.91 Å². The third-order valence-electron chi connectivity index (χ3n) is 5.53. The van der Waals surface area contributed by atoms with E-state index >= 15 is 0 Å². The van der Waals surface area contributed by atoms with Gasteiger partial charge >= 0.3 is 0 Å². The topological polar surface area (TPSA) is 154 Å². The lowest BCUT2D eigenvalue weighted by molar-refractivity contribution is -0.137. The van der Waals surface area contributed by atoms with Gasteiger partial charge < -0.3 is 31.7 Å². The maximum atomic E-state index is 12.8. The predicted molar refractivity (Wildman–Crippen MR) is 123 cm³/mol. The summed E-state index contributed by atoms with van der Waals surface area (Å²) in [5, 5.41) is 18.2. The van der Waals surface area contributed by atoms with Crippen molar-refractivity contribution in [2.45, 2.75) is 64.8 Å². The van der Waals surface area contributed by atoms with Crippen LogP contribution >= 0.6 is 0 Å². The molecule has 10 nitrogen and oxygen atoms in total. The van der Waals surface area contributed by atoms with E-state index in [1.807, 2.05) is 13.0 Å². The molecule has 0 saturated heterocycles. The summed E-state index contributed by atoms with van der Waals surface area (Å²) in [4.78, 5) is 51.9. The number of fused-ring (bicyclic) bond motifs is 2. The van der Waals surface area contributed by atoms with Crippen LogP contribution in [0, 0.1) is 6.92 Å². The van der Waals surface area contributed by atoms with Gasteiger partial charge in [-0.3, -0.25) is 19.2 Å². The lowest BCUT2D eigenvalue weighted by atomic mass is 10.00. The second-order valence-corrected chi connectivity index (χ2v) is 8.70. The van der Waals surface area contributed by atoms with Crippen molar-refractivity contribution in [3.05, 3.63) is 34.9 Å². The van der Waals surface area contributed by atoms with Crippen LogP contribution in [0.15, 0.2) is 18.2 Å². The SMILES string of the molecule is Cc1ccc2cc1CCCNC(=O)CN(C(=O)[C@H](C)N)C[C@@H](C)NC(=O)[C@H]([C@@H](C)O)NC2=O. The quantitative estimate of drug-likeness (QED) is 0.389. The Labute approximate surface area is 194 Å². The van der Waals surface area contributed by atoms with E-state index in [9.17, 15) is 24.3 Å². The summed E-state index contributed by atoms with van der Waals surface area (Å²) in [5.41, 5.74) is 8.06. The highest BCUT2D eigenvalue weighted by molar-refractivity contribution is 5.98. The number of carbonyl (C=O) groups excluding carboxylic acids is 4. The van der Waals surface area contributed by atoms with Crippen molar-refractivity contribution in [2.75, 3.05) is 19.6 Å². The van der Waals surface area contributed by atoms with Crippen molar-refractivity contribution in [1.29, 1.82) is 0 Å². The van der Waals surface area contributed by atoms with Crippen LogP contribution in [0.25, 0.3) is 0 Å². The van der Waals surface area contributed by atoms with Gasteiger partial charge in [0.2, 0.25) is 17.7 Å². The number of hydrogen-bond acceptors (Lipinski definition) is 6. The van der Waals surface area contributed by atoms with E-state index in [-0.39, 0.29) is 19.0 Å². The molecule has 1 aliphatic heterocycles. The minimum atomic E-state index is -1.19. The standard InChI is InChI=1S/C23H35N5O5/c1-13-7-8-18-10-17(13)6-5-9-25-19(30)12-28(23(33)15(3)24)11-14(2)26-22(32)20(16(4)29)27-21(18)31/h7-8,10,14-16,20,29H,5-6,9,11-12,24H2,1-4H3,(H,25,30)(H,26,32)(H,27,31)/t14-,15+,16-,20+/m1/s1. The maximum absolute atomic E-state index is 12.8. The molecule has 0 fully saturated rings. The first-order chi connectivity index (χ1) is 15.5. The number of aryl methyl sites for hydroxylation is 2. The summed E-state index contributed by atoms with van der Waals surface area (Å²) in [6.07, 6.45) is 0.124. The maximum Gasteiger partial charge on any atom is 0.252 e. The highest BCUT2D eigenvalue weighted by atomic mass is 16.3. The summed E-state index contributed by atoms with van der Waals surface area (Å²) in [6, 6.07) is 2.69. The zero-order valence-corrected chi connectivity index (χ0v) is 19.7. The molecule has 1 heterocycles. The number of aliphatic hydroxyl groups excluding tert-OH is 1. The molecular formula is C23H35N5O5. The minimum absolute atomic E-state index is 0.0416. The first-order valence-corrected chi connectivity index (χ1v) is 11.2. The molecule has 4 amide bonds. The molecule has 0 aromatic heterocycles. The van der Waals surface area contributed by atoms with Gasteiger partial charge in [0.1, 0.15) is 6.04 Å². The fraction of sp³-hybridized carbons (Fsp3) is 0.565. The van der Waals surface area contributed by atoms with Gasteiger partial charge in [0.15, 0.2) is 0 Å². The average Bonchev–Trinajstić information content (AvgIpc) is 2.73. The van der Waals surface area contributed by atoms with Gasteiger partial charge in [-0.1, -0.05) is 6.07 Å². The van der Waals surface area contributed by atoms with Crippen molar-refractivity contribution >= 4 is 23.6 Å². The van der Waals surface area contributed by atoms with Gasteiger partial charge in [-0.05, 0) is 63.8 Å². The minimum Gasteiger partial charge on any atom is -0.391 e. The van der Waals surface area contributed by atoms with Crippen molar-refractivity contribution < 1.29 is 24.3 Å². The van der Waals surface area contributed by atoms with Gasteiger partial charge in [-0.15, -0.1) is 0 Å². The lowest BCUT2D eigenvalue weighted by Crippen LogP contribution is -2.57. The molecular weight excluding hydrogens is 426 g/mol. The Kier molecular flexibility index (Phi) is 9.36. The van der Waals surface area contributed by atoms with E-state index in [0.717, 1.165) is 11.1 Å². The van der Waals surface area contributed by atoms with Gasteiger partial charge in [-0.2, -0.15) is 0 Å². The summed E-state index contributed by atoms with van der Waals surface area (Å²) >= 11 is 0. The van der Waals surface area contributed by atoms with Crippen LogP contribution in [0.3, 0.4) is 0 Å². The molecule has 0 saturated carbocycles. The number of aliphatic hydroxyl groups is 1. The number of nitrogens with two attached hydrogens (primary N) is 1. The number of benzene rings is 1. The Bertz CT molecular complexity index is 886. The summed E-state index contributed by atoms with van der Waals surface area (Å²) in [6.45, 7) is 6.80. The largest absolute Gasteiger partial charge is 0.391 e. The molecule has 0 radical (unpaired) electrons. The zero-order chi connectivity index (χ0) is 24.7. The van der Waals surface area contributed by atoms with E-state index in [2.05, 4.69) is 16.0 Å². The van der Waals surface area contributed by atoms with Crippen LogP contribution in [0.4, 0.5) is 0 Å². The Morgan fingerprint density at radius 2 is 1.91 bits per heavy atom. The Morgan fingerprint density at radius 1 is 1.21 bits per heavy atom.